The summed E-state index contributed by atoms with van der Waals surface area (Å²) in [5, 5.41) is 9.41. The van der Waals surface area contributed by atoms with Crippen molar-refractivity contribution in [2.24, 2.45) is 0 Å². The topological polar surface area (TPSA) is 57.6 Å². The molecule has 58 valence electrons. The minimum Gasteiger partial charge on any atom is -0.480 e. The van der Waals surface area contributed by atoms with Crippen LogP contribution in [0.15, 0.2) is 11.1 Å². The zero-order valence-electron chi connectivity index (χ0n) is 5.48. The first-order chi connectivity index (χ1) is 5.20. The summed E-state index contributed by atoms with van der Waals surface area (Å²) < 4.78 is 0. The highest BCUT2D eigenvalue weighted by molar-refractivity contribution is 8.03. The summed E-state index contributed by atoms with van der Waals surface area (Å²) in [5.74, 6) is -0.626. The molecule has 0 aliphatic carbocycles. The molecule has 0 spiro atoms. The van der Waals surface area contributed by atoms with Crippen molar-refractivity contribution in [2.75, 3.05) is 5.75 Å². The molecule has 5 heteroatoms. The molecule has 2 aliphatic rings. The van der Waals surface area contributed by atoms with Crippen LogP contribution in [-0.4, -0.2) is 33.7 Å². The molecule has 0 aromatic heterocycles. The van der Waals surface area contributed by atoms with Gasteiger partial charge in [0.15, 0.2) is 0 Å². The van der Waals surface area contributed by atoms with Gasteiger partial charge in [-0.25, -0.2) is 4.79 Å². The summed E-state index contributed by atoms with van der Waals surface area (Å²) in [4.78, 5) is 22.6. The van der Waals surface area contributed by atoms with Gasteiger partial charge in [-0.05, 0) is 0 Å². The zero-order chi connectivity index (χ0) is 8.01. The van der Waals surface area contributed by atoms with Crippen LogP contribution in [0.25, 0.3) is 0 Å². The zero-order valence-corrected chi connectivity index (χ0v) is 6.30. The van der Waals surface area contributed by atoms with E-state index in [4.69, 9.17) is 5.11 Å². The highest BCUT2D eigenvalue weighted by atomic mass is 32.2. The third-order valence-electron chi connectivity index (χ3n) is 1.71. The molecule has 0 saturated carbocycles. The van der Waals surface area contributed by atoms with Crippen LogP contribution in [-0.2, 0) is 9.59 Å². The highest BCUT2D eigenvalue weighted by Crippen LogP contribution is 2.38. The molecule has 2 heterocycles. The molecule has 4 nitrogen and oxygen atoms in total. The number of carboxylic acids is 1. The number of rotatable bonds is 1. The molecular weight excluding hydrogens is 166 g/mol. The number of hydrogen-bond acceptors (Lipinski definition) is 3. The van der Waals surface area contributed by atoms with Crippen LogP contribution >= 0.6 is 11.8 Å². The molecule has 0 radical (unpaired) electrons. The number of nitrogens with zero attached hydrogens (tertiary/aromatic N) is 1. The van der Waals surface area contributed by atoms with Crippen LogP contribution in [0.4, 0.5) is 0 Å². The van der Waals surface area contributed by atoms with Crippen LogP contribution in [0.2, 0.25) is 0 Å². The van der Waals surface area contributed by atoms with Gasteiger partial charge in [-0.3, -0.25) is 9.69 Å². The van der Waals surface area contributed by atoms with E-state index in [0.717, 1.165) is 5.03 Å². The quantitative estimate of drug-likeness (QED) is 0.597. The lowest BCUT2D eigenvalue weighted by Crippen LogP contribution is -2.44. The Balaban J connectivity index is 2.24. The number of carbonyl (C=O) groups is 2. The van der Waals surface area contributed by atoms with Crippen LogP contribution < -0.4 is 0 Å². The molecular formula is C6H5NO3S. The van der Waals surface area contributed by atoms with Crippen molar-refractivity contribution in [2.45, 2.75) is 6.04 Å². The number of aliphatic carboxylic acids is 1. The van der Waals surface area contributed by atoms with E-state index in [2.05, 4.69) is 0 Å². The minimum absolute atomic E-state index is 0.183. The fraction of sp³-hybridized carbons (Fsp3) is 0.333. The minimum atomic E-state index is -0.922. The van der Waals surface area contributed by atoms with E-state index >= 15 is 0 Å². The standard InChI is InChI=1S/C6H5NO3S/c8-4-1-5-7(4)3(2-11-5)6(9)10/h1,3H,2H2,(H,9,10). The van der Waals surface area contributed by atoms with Gasteiger partial charge in [-0.1, -0.05) is 0 Å². The van der Waals surface area contributed by atoms with E-state index in [1.165, 1.54) is 22.7 Å². The first kappa shape index (κ1) is 6.72. The van der Waals surface area contributed by atoms with Gasteiger partial charge in [0, 0.05) is 11.8 Å². The maximum absolute atomic E-state index is 10.8. The third-order valence-corrected chi connectivity index (χ3v) is 2.80. The third kappa shape index (κ3) is 0.773. The van der Waals surface area contributed by atoms with Gasteiger partial charge in [0.05, 0.1) is 5.03 Å². The number of amides is 1. The molecule has 0 aromatic carbocycles. The second kappa shape index (κ2) is 2.01. The molecule has 1 atom stereocenters. The summed E-state index contributed by atoms with van der Waals surface area (Å²) >= 11 is 1.42. The number of hydrogen-bond donors (Lipinski definition) is 1. The normalized spacial score (nSPS) is 27.6. The number of carboxylic acid groups (broad SMARTS) is 1. The van der Waals surface area contributed by atoms with Crippen LogP contribution in [0.3, 0.4) is 0 Å². The van der Waals surface area contributed by atoms with Crippen molar-refractivity contribution in [1.82, 2.24) is 4.90 Å². The van der Waals surface area contributed by atoms with Crippen LogP contribution in [0.5, 0.6) is 0 Å². The summed E-state index contributed by atoms with van der Waals surface area (Å²) in [6.45, 7) is 0. The predicted octanol–water partition coefficient (Wildman–Crippen LogP) is -0.130. The lowest BCUT2D eigenvalue weighted by molar-refractivity contribution is -0.146. The van der Waals surface area contributed by atoms with Crippen molar-refractivity contribution in [1.29, 1.82) is 0 Å². The average molecular weight is 171 g/mol. The summed E-state index contributed by atoms with van der Waals surface area (Å²) in [5.41, 5.74) is 0. The van der Waals surface area contributed by atoms with E-state index in [1.807, 2.05) is 0 Å². The van der Waals surface area contributed by atoms with Gasteiger partial charge >= 0.3 is 5.97 Å². The summed E-state index contributed by atoms with van der Waals surface area (Å²) in [6, 6.07) is -0.632. The number of thioether (sulfide) groups is 1. The molecule has 0 bridgehead atoms. The fourth-order valence-electron chi connectivity index (χ4n) is 1.13. The SMILES string of the molecule is O=C(O)C1CSC2=CC(=O)N21. The maximum Gasteiger partial charge on any atom is 0.327 e. The van der Waals surface area contributed by atoms with E-state index in [-0.39, 0.29) is 5.91 Å². The van der Waals surface area contributed by atoms with Crippen molar-refractivity contribution >= 4 is 23.6 Å². The molecule has 2 rings (SSSR count). The van der Waals surface area contributed by atoms with E-state index in [9.17, 15) is 9.59 Å². The maximum atomic E-state index is 10.8. The van der Waals surface area contributed by atoms with Crippen molar-refractivity contribution in [3.05, 3.63) is 11.1 Å². The Kier molecular flexibility index (Phi) is 1.23. The van der Waals surface area contributed by atoms with E-state index in [1.54, 1.807) is 0 Å². The molecule has 1 N–H and O–H groups in total. The second-order valence-electron chi connectivity index (χ2n) is 2.36. The first-order valence-corrected chi connectivity index (χ1v) is 4.09. The molecule has 1 saturated heterocycles. The number of carbonyl (C=O) groups excluding carboxylic acids is 1. The van der Waals surface area contributed by atoms with Gasteiger partial charge in [-0.2, -0.15) is 0 Å². The van der Waals surface area contributed by atoms with Crippen molar-refractivity contribution in [3.63, 3.8) is 0 Å². The fourth-order valence-corrected chi connectivity index (χ4v) is 2.29. The Bertz CT molecular complexity index is 273. The molecule has 2 aliphatic heterocycles. The molecule has 1 fully saturated rings. The van der Waals surface area contributed by atoms with E-state index in [0.29, 0.717) is 5.75 Å². The van der Waals surface area contributed by atoms with Gasteiger partial charge in [-0.15, -0.1) is 11.8 Å². The average Bonchev–Trinajstić information content (AvgIpc) is 2.25. The molecule has 11 heavy (non-hydrogen) atoms. The van der Waals surface area contributed by atoms with Crippen LogP contribution in [0.1, 0.15) is 0 Å². The Labute approximate surface area is 66.9 Å². The summed E-state index contributed by atoms with van der Waals surface area (Å²) in [6.07, 6.45) is 1.47. The van der Waals surface area contributed by atoms with Crippen molar-refractivity contribution < 1.29 is 14.7 Å². The van der Waals surface area contributed by atoms with Crippen molar-refractivity contribution in [3.8, 4) is 0 Å². The summed E-state index contributed by atoms with van der Waals surface area (Å²) in [7, 11) is 0. The predicted molar refractivity (Wildman–Crippen MR) is 38.8 cm³/mol. The second-order valence-corrected chi connectivity index (χ2v) is 3.40. The monoisotopic (exact) mass is 171 g/mol. The largest absolute Gasteiger partial charge is 0.480 e. The van der Waals surface area contributed by atoms with Gasteiger partial charge in [0.1, 0.15) is 6.04 Å². The number of fused-ring (bicyclic) bond motifs is 1. The van der Waals surface area contributed by atoms with Gasteiger partial charge in [0.25, 0.3) is 5.91 Å². The Morgan fingerprint density at radius 3 is 3.00 bits per heavy atom. The lowest BCUT2D eigenvalue weighted by atomic mass is 10.2. The molecule has 1 amide bonds. The first-order valence-electron chi connectivity index (χ1n) is 3.10. The molecule has 0 aromatic rings. The van der Waals surface area contributed by atoms with E-state index < -0.39 is 12.0 Å². The Morgan fingerprint density at radius 2 is 2.55 bits per heavy atom. The van der Waals surface area contributed by atoms with Gasteiger partial charge in [0.2, 0.25) is 0 Å². The highest BCUT2D eigenvalue weighted by Gasteiger charge is 2.43. The van der Waals surface area contributed by atoms with Gasteiger partial charge < -0.3 is 5.11 Å². The Hall–Kier alpha value is -0.970. The lowest BCUT2D eigenvalue weighted by Gasteiger charge is -2.26. The molecule has 1 unspecified atom stereocenters. The Morgan fingerprint density at radius 1 is 1.82 bits per heavy atom. The smallest absolute Gasteiger partial charge is 0.327 e. The van der Waals surface area contributed by atoms with Crippen LogP contribution in [0, 0.1) is 0 Å².